The number of H-pyrrole nitrogens is 1. The van der Waals surface area contributed by atoms with Gasteiger partial charge < -0.3 is 20.1 Å². The number of aromatic nitrogens is 1. The third-order valence-electron chi connectivity index (χ3n) is 3.93. The molecule has 0 atom stereocenters. The molecule has 0 unspecified atom stereocenters. The summed E-state index contributed by atoms with van der Waals surface area (Å²) in [6, 6.07) is 7.45. The van der Waals surface area contributed by atoms with Crippen molar-refractivity contribution in [1.29, 1.82) is 0 Å². The van der Waals surface area contributed by atoms with E-state index in [-0.39, 0.29) is 12.3 Å². The largest absolute Gasteiger partial charge is 0.497 e. The molecular formula is C18H24N2O4. The van der Waals surface area contributed by atoms with Crippen molar-refractivity contribution in [2.24, 2.45) is 0 Å². The first kappa shape index (κ1) is 17.8. The van der Waals surface area contributed by atoms with E-state index in [0.717, 1.165) is 48.8 Å². The second-order valence-electron chi connectivity index (χ2n) is 5.80. The summed E-state index contributed by atoms with van der Waals surface area (Å²) in [6.07, 6.45) is 4.76. The molecule has 6 heteroatoms. The normalized spacial score (nSPS) is 10.7. The minimum Gasteiger partial charge on any atom is -0.497 e. The topological polar surface area (TPSA) is 91.4 Å². The number of carbonyl (C=O) groups excluding carboxylic acids is 1. The molecule has 1 amide bonds. The standard InChI is InChI=1S/C18H24N2O4/c1-24-14-8-9-15-13(11-14)12-16(20-15)18(23)19-10-6-4-2-3-5-7-17(21)22/h8-9,11-12,20H,2-7,10H2,1H3,(H,19,23)(H,21,22). The smallest absolute Gasteiger partial charge is 0.303 e. The lowest BCUT2D eigenvalue weighted by Crippen LogP contribution is -2.24. The molecule has 1 aromatic heterocycles. The van der Waals surface area contributed by atoms with E-state index in [1.54, 1.807) is 7.11 Å². The Morgan fingerprint density at radius 1 is 1.12 bits per heavy atom. The van der Waals surface area contributed by atoms with Crippen LogP contribution in [0.2, 0.25) is 0 Å². The average molecular weight is 332 g/mol. The van der Waals surface area contributed by atoms with Gasteiger partial charge in [0.25, 0.3) is 5.91 Å². The molecule has 0 aliphatic carbocycles. The Morgan fingerprint density at radius 2 is 1.88 bits per heavy atom. The van der Waals surface area contributed by atoms with Gasteiger partial charge in [-0.25, -0.2) is 0 Å². The second-order valence-corrected chi connectivity index (χ2v) is 5.80. The van der Waals surface area contributed by atoms with Crippen LogP contribution in [0.3, 0.4) is 0 Å². The molecule has 3 N–H and O–H groups in total. The van der Waals surface area contributed by atoms with E-state index in [9.17, 15) is 9.59 Å². The zero-order chi connectivity index (χ0) is 17.4. The van der Waals surface area contributed by atoms with E-state index in [1.165, 1.54) is 0 Å². The molecule has 24 heavy (non-hydrogen) atoms. The van der Waals surface area contributed by atoms with Crippen molar-refractivity contribution >= 4 is 22.8 Å². The zero-order valence-corrected chi connectivity index (χ0v) is 13.9. The first-order valence-electron chi connectivity index (χ1n) is 8.27. The summed E-state index contributed by atoms with van der Waals surface area (Å²) >= 11 is 0. The Kier molecular flexibility index (Phi) is 6.66. The Bertz CT molecular complexity index is 693. The summed E-state index contributed by atoms with van der Waals surface area (Å²) in [5, 5.41) is 12.4. The van der Waals surface area contributed by atoms with Crippen molar-refractivity contribution in [3.8, 4) is 5.75 Å². The Hall–Kier alpha value is -2.50. The van der Waals surface area contributed by atoms with Crippen molar-refractivity contribution in [3.63, 3.8) is 0 Å². The Morgan fingerprint density at radius 3 is 2.62 bits per heavy atom. The maximum Gasteiger partial charge on any atom is 0.303 e. The van der Waals surface area contributed by atoms with Gasteiger partial charge in [0.05, 0.1) is 7.11 Å². The highest BCUT2D eigenvalue weighted by molar-refractivity contribution is 5.98. The molecule has 0 saturated heterocycles. The molecule has 0 aliphatic rings. The molecule has 0 radical (unpaired) electrons. The molecule has 0 spiro atoms. The number of nitrogens with one attached hydrogen (secondary N) is 2. The summed E-state index contributed by atoms with van der Waals surface area (Å²) in [7, 11) is 1.61. The Labute approximate surface area is 141 Å². The number of unbranched alkanes of at least 4 members (excludes halogenated alkanes) is 4. The number of carboxylic acids is 1. The van der Waals surface area contributed by atoms with Crippen LogP contribution in [0.4, 0.5) is 0 Å². The van der Waals surface area contributed by atoms with Crippen LogP contribution in [0.1, 0.15) is 49.0 Å². The van der Waals surface area contributed by atoms with E-state index in [2.05, 4.69) is 10.3 Å². The number of aromatic amines is 1. The van der Waals surface area contributed by atoms with Crippen molar-refractivity contribution < 1.29 is 19.4 Å². The molecule has 0 bridgehead atoms. The number of carbonyl (C=O) groups is 2. The number of hydrogen-bond donors (Lipinski definition) is 3. The van der Waals surface area contributed by atoms with Gasteiger partial charge in [0.2, 0.25) is 0 Å². The highest BCUT2D eigenvalue weighted by atomic mass is 16.5. The van der Waals surface area contributed by atoms with Crippen molar-refractivity contribution in [2.45, 2.75) is 38.5 Å². The number of fused-ring (bicyclic) bond motifs is 1. The van der Waals surface area contributed by atoms with Crippen LogP contribution >= 0.6 is 0 Å². The maximum absolute atomic E-state index is 12.1. The fraction of sp³-hybridized carbons (Fsp3) is 0.444. The average Bonchev–Trinajstić information content (AvgIpc) is 2.99. The first-order valence-corrected chi connectivity index (χ1v) is 8.27. The lowest BCUT2D eigenvalue weighted by Gasteiger charge is -2.03. The predicted molar refractivity (Wildman–Crippen MR) is 92.5 cm³/mol. The van der Waals surface area contributed by atoms with E-state index in [4.69, 9.17) is 9.84 Å². The molecule has 2 aromatic rings. The second kappa shape index (κ2) is 8.96. The van der Waals surface area contributed by atoms with Gasteiger partial charge >= 0.3 is 5.97 Å². The number of hydrogen-bond acceptors (Lipinski definition) is 3. The van der Waals surface area contributed by atoms with Gasteiger partial charge in [-0.1, -0.05) is 19.3 Å². The van der Waals surface area contributed by atoms with Crippen LogP contribution < -0.4 is 10.1 Å². The van der Waals surface area contributed by atoms with Crippen LogP contribution in [0.15, 0.2) is 24.3 Å². The first-order chi connectivity index (χ1) is 11.6. The monoisotopic (exact) mass is 332 g/mol. The lowest BCUT2D eigenvalue weighted by atomic mass is 10.1. The molecule has 0 aliphatic heterocycles. The molecule has 0 saturated carbocycles. The summed E-state index contributed by atoms with van der Waals surface area (Å²) in [4.78, 5) is 25.6. The number of carboxylic acid groups (broad SMARTS) is 1. The van der Waals surface area contributed by atoms with E-state index >= 15 is 0 Å². The summed E-state index contributed by atoms with van der Waals surface area (Å²) in [6.45, 7) is 0.621. The molecule has 1 aromatic carbocycles. The van der Waals surface area contributed by atoms with Crippen LogP contribution in [-0.2, 0) is 4.79 Å². The number of benzene rings is 1. The van der Waals surface area contributed by atoms with Crippen molar-refractivity contribution in [1.82, 2.24) is 10.3 Å². The van der Waals surface area contributed by atoms with Crippen molar-refractivity contribution in [2.75, 3.05) is 13.7 Å². The van der Waals surface area contributed by atoms with Crippen molar-refractivity contribution in [3.05, 3.63) is 30.0 Å². The van der Waals surface area contributed by atoms with Gasteiger partial charge in [-0.3, -0.25) is 9.59 Å². The van der Waals surface area contributed by atoms with E-state index < -0.39 is 5.97 Å². The number of methoxy groups -OCH3 is 1. The molecule has 130 valence electrons. The number of rotatable bonds is 10. The van der Waals surface area contributed by atoms with Gasteiger partial charge in [-0.15, -0.1) is 0 Å². The van der Waals surface area contributed by atoms with Crippen LogP contribution in [0.5, 0.6) is 5.75 Å². The van der Waals surface area contributed by atoms with Gasteiger partial charge in [-0.05, 0) is 37.1 Å². The third kappa shape index (κ3) is 5.30. The highest BCUT2D eigenvalue weighted by Gasteiger charge is 2.09. The minimum atomic E-state index is -0.738. The maximum atomic E-state index is 12.1. The quantitative estimate of drug-likeness (QED) is 0.582. The number of amides is 1. The van der Waals surface area contributed by atoms with Crippen LogP contribution in [0.25, 0.3) is 10.9 Å². The van der Waals surface area contributed by atoms with Crippen LogP contribution in [0, 0.1) is 0 Å². The fourth-order valence-corrected chi connectivity index (χ4v) is 2.59. The summed E-state index contributed by atoms with van der Waals surface area (Å²) in [5.74, 6) is -0.0920. The number of aliphatic carboxylic acids is 1. The third-order valence-corrected chi connectivity index (χ3v) is 3.93. The molecular weight excluding hydrogens is 308 g/mol. The van der Waals surface area contributed by atoms with Gasteiger partial charge in [0.1, 0.15) is 11.4 Å². The van der Waals surface area contributed by atoms with Gasteiger partial charge in [0, 0.05) is 23.9 Å². The van der Waals surface area contributed by atoms with E-state index in [1.807, 2.05) is 24.3 Å². The summed E-state index contributed by atoms with van der Waals surface area (Å²) < 4.78 is 5.18. The van der Waals surface area contributed by atoms with Gasteiger partial charge in [-0.2, -0.15) is 0 Å². The van der Waals surface area contributed by atoms with E-state index in [0.29, 0.717) is 12.2 Å². The SMILES string of the molecule is COc1ccc2[nH]c(C(=O)NCCCCCCCC(=O)O)cc2c1. The zero-order valence-electron chi connectivity index (χ0n) is 13.9. The predicted octanol–water partition coefficient (Wildman–Crippen LogP) is 3.33. The molecule has 0 fully saturated rings. The number of ether oxygens (including phenoxy) is 1. The Balaban J connectivity index is 1.70. The molecule has 6 nitrogen and oxygen atoms in total. The highest BCUT2D eigenvalue weighted by Crippen LogP contribution is 2.21. The lowest BCUT2D eigenvalue weighted by molar-refractivity contribution is -0.137. The van der Waals surface area contributed by atoms with Crippen LogP contribution in [-0.4, -0.2) is 35.6 Å². The molecule has 1 heterocycles. The minimum absolute atomic E-state index is 0.115. The van der Waals surface area contributed by atoms with Gasteiger partial charge in [0.15, 0.2) is 0 Å². The fourth-order valence-electron chi connectivity index (χ4n) is 2.59. The molecule has 2 rings (SSSR count). The summed E-state index contributed by atoms with van der Waals surface area (Å²) in [5.41, 5.74) is 1.44.